The number of esters is 1. The third-order valence-corrected chi connectivity index (χ3v) is 8.55. The number of primary amides is 1. The van der Waals surface area contributed by atoms with E-state index in [1.54, 1.807) is 20.2 Å². The van der Waals surface area contributed by atoms with Gasteiger partial charge in [0.15, 0.2) is 11.4 Å². The van der Waals surface area contributed by atoms with Gasteiger partial charge in [-0.05, 0) is 56.3 Å². The first kappa shape index (κ1) is 30.3. The molecule has 1 aromatic carbocycles. The summed E-state index contributed by atoms with van der Waals surface area (Å²) in [7, 11) is 3.16. The van der Waals surface area contributed by atoms with Gasteiger partial charge in [0.2, 0.25) is 5.78 Å². The van der Waals surface area contributed by atoms with Crippen molar-refractivity contribution < 1.29 is 44.3 Å². The zero-order valence-corrected chi connectivity index (χ0v) is 24.0. The number of hydrogen-bond donors (Lipinski definition) is 5. The Labute approximate surface area is 238 Å². The number of amides is 1. The Balaban J connectivity index is 1.88. The number of nitrogens with two attached hydrogens (primary N) is 1. The minimum absolute atomic E-state index is 0.00949. The second-order valence-corrected chi connectivity index (χ2v) is 11.7. The Morgan fingerprint density at radius 1 is 1.20 bits per heavy atom. The molecule has 6 N–H and O–H groups in total. The number of unbranched alkanes of at least 4 members (excludes halogenated alkanes) is 1. The molecular weight excluding hydrogens is 532 g/mol. The van der Waals surface area contributed by atoms with Gasteiger partial charge in [0.1, 0.15) is 22.8 Å². The van der Waals surface area contributed by atoms with E-state index < -0.39 is 69.8 Å². The number of aliphatic hydroxyl groups excluding tert-OH is 2. The molecule has 0 unspecified atom stereocenters. The zero-order chi connectivity index (χ0) is 30.5. The number of hydrogen-bond acceptors (Lipinski definition) is 10. The van der Waals surface area contributed by atoms with Gasteiger partial charge in [-0.15, -0.1) is 0 Å². The summed E-state index contributed by atoms with van der Waals surface area (Å²) in [6.07, 6.45) is 1.45. The molecule has 4 rings (SSSR count). The molecule has 3 aliphatic carbocycles. The molecule has 4 atom stereocenters. The van der Waals surface area contributed by atoms with Crippen LogP contribution >= 0.6 is 0 Å². The van der Waals surface area contributed by atoms with Crippen molar-refractivity contribution in [1.29, 1.82) is 0 Å². The molecule has 0 radical (unpaired) electrons. The van der Waals surface area contributed by atoms with Crippen LogP contribution in [-0.4, -0.2) is 81.1 Å². The van der Waals surface area contributed by atoms with E-state index >= 15 is 0 Å². The standard InChI is InChI=1S/C30H38N2O9/c1-6-7-8-41-19(33)12-15-10-16(13(2)3)17-9-14-11-18-23(32(4)5)26(36)22(29(31)39)28(38)30(18,40)27(37)20(14)25(35)21(17)24(15)34/h10,13-14,18,23,34,36-37,40H,6-9,11-12H2,1-5H3,(H2,31,39)/t14-,18-,23-,30-/m0/s1. The predicted molar refractivity (Wildman–Crippen MR) is 147 cm³/mol. The summed E-state index contributed by atoms with van der Waals surface area (Å²) in [5.41, 5.74) is 2.96. The minimum Gasteiger partial charge on any atom is -0.510 e. The van der Waals surface area contributed by atoms with Crippen molar-refractivity contribution in [3.8, 4) is 5.75 Å². The van der Waals surface area contributed by atoms with Gasteiger partial charge in [-0.25, -0.2) is 0 Å². The predicted octanol–water partition coefficient (Wildman–Crippen LogP) is 2.13. The van der Waals surface area contributed by atoms with Gasteiger partial charge in [-0.1, -0.05) is 33.3 Å². The number of phenols is 1. The van der Waals surface area contributed by atoms with Crippen molar-refractivity contribution in [2.24, 2.45) is 17.6 Å². The molecule has 0 aliphatic heterocycles. The summed E-state index contributed by atoms with van der Waals surface area (Å²) in [5.74, 6) is -7.73. The highest BCUT2D eigenvalue weighted by molar-refractivity contribution is 6.24. The molecule has 11 nitrogen and oxygen atoms in total. The van der Waals surface area contributed by atoms with E-state index in [1.165, 1.54) is 4.90 Å². The maximum atomic E-state index is 14.0. The fourth-order valence-electron chi connectivity index (χ4n) is 6.59. The maximum Gasteiger partial charge on any atom is 0.310 e. The van der Waals surface area contributed by atoms with Crippen LogP contribution in [0.2, 0.25) is 0 Å². The van der Waals surface area contributed by atoms with Crippen molar-refractivity contribution in [3.05, 3.63) is 51.0 Å². The number of phenolic OH excluding ortho intramolecular Hbond substituents is 1. The number of carbonyl (C=O) groups is 4. The third kappa shape index (κ3) is 4.70. The lowest BCUT2D eigenvalue weighted by Gasteiger charge is -2.50. The van der Waals surface area contributed by atoms with Gasteiger partial charge in [0.25, 0.3) is 5.91 Å². The highest BCUT2D eigenvalue weighted by atomic mass is 16.5. The molecule has 1 amide bonds. The van der Waals surface area contributed by atoms with Gasteiger partial charge >= 0.3 is 5.97 Å². The maximum absolute atomic E-state index is 14.0. The van der Waals surface area contributed by atoms with Crippen molar-refractivity contribution in [2.45, 2.75) is 70.4 Å². The van der Waals surface area contributed by atoms with E-state index in [2.05, 4.69) is 0 Å². The number of Topliss-reactive ketones (excluding diaryl/α,β-unsaturated/α-hetero) is 2. The molecule has 0 fully saturated rings. The van der Waals surface area contributed by atoms with Crippen LogP contribution in [0.3, 0.4) is 0 Å². The van der Waals surface area contributed by atoms with E-state index in [1.807, 2.05) is 20.8 Å². The monoisotopic (exact) mass is 570 g/mol. The first-order chi connectivity index (χ1) is 19.2. The fourth-order valence-corrected chi connectivity index (χ4v) is 6.59. The number of aliphatic hydroxyl groups is 3. The van der Waals surface area contributed by atoms with Crippen LogP contribution in [0.4, 0.5) is 0 Å². The second kappa shape index (κ2) is 10.9. The Bertz CT molecular complexity index is 1390. The van der Waals surface area contributed by atoms with Gasteiger partial charge in [0.05, 0.1) is 24.6 Å². The Kier molecular flexibility index (Phi) is 8.08. The summed E-state index contributed by atoms with van der Waals surface area (Å²) >= 11 is 0. The van der Waals surface area contributed by atoms with E-state index in [0.29, 0.717) is 12.0 Å². The molecule has 0 saturated heterocycles. The number of aromatic hydroxyl groups is 1. The van der Waals surface area contributed by atoms with E-state index in [4.69, 9.17) is 10.5 Å². The van der Waals surface area contributed by atoms with Gasteiger partial charge in [-0.3, -0.25) is 24.1 Å². The number of ketones is 2. The molecule has 0 saturated carbocycles. The molecule has 0 heterocycles. The number of ether oxygens (including phenoxy) is 1. The van der Waals surface area contributed by atoms with Crippen molar-refractivity contribution in [2.75, 3.05) is 20.7 Å². The Morgan fingerprint density at radius 3 is 2.41 bits per heavy atom. The van der Waals surface area contributed by atoms with Crippen LogP contribution in [0.1, 0.15) is 73.0 Å². The van der Waals surface area contributed by atoms with Crippen LogP contribution in [0, 0.1) is 11.8 Å². The largest absolute Gasteiger partial charge is 0.510 e. The number of benzene rings is 1. The number of fused-ring (bicyclic) bond motifs is 3. The zero-order valence-electron chi connectivity index (χ0n) is 24.0. The highest BCUT2D eigenvalue weighted by Gasteiger charge is 2.63. The summed E-state index contributed by atoms with van der Waals surface area (Å²) in [5, 5.41) is 45.4. The van der Waals surface area contributed by atoms with Crippen LogP contribution in [-0.2, 0) is 32.0 Å². The average molecular weight is 571 g/mol. The van der Waals surface area contributed by atoms with E-state index in [9.17, 15) is 39.6 Å². The summed E-state index contributed by atoms with van der Waals surface area (Å²) in [6, 6.07) is 0.640. The number of allylic oxidation sites excluding steroid dienone is 1. The molecule has 222 valence electrons. The lowest BCUT2D eigenvalue weighted by Crippen LogP contribution is -2.63. The smallest absolute Gasteiger partial charge is 0.310 e. The molecule has 3 aliphatic rings. The van der Waals surface area contributed by atoms with Gasteiger partial charge in [-0.2, -0.15) is 0 Å². The lowest BCUT2D eigenvalue weighted by atomic mass is 9.58. The summed E-state index contributed by atoms with van der Waals surface area (Å²) < 4.78 is 5.25. The lowest BCUT2D eigenvalue weighted by molar-refractivity contribution is -0.148. The number of nitrogens with zero attached hydrogens (tertiary/aromatic N) is 1. The van der Waals surface area contributed by atoms with E-state index in [0.717, 1.165) is 12.0 Å². The molecule has 0 spiro atoms. The van der Waals surface area contributed by atoms with Crippen LogP contribution in [0.5, 0.6) is 5.75 Å². The van der Waals surface area contributed by atoms with Crippen molar-refractivity contribution >= 4 is 23.4 Å². The molecule has 41 heavy (non-hydrogen) atoms. The van der Waals surface area contributed by atoms with Crippen molar-refractivity contribution in [1.82, 2.24) is 4.90 Å². The second-order valence-electron chi connectivity index (χ2n) is 11.7. The summed E-state index contributed by atoms with van der Waals surface area (Å²) in [6.45, 7) is 6.02. The third-order valence-electron chi connectivity index (χ3n) is 8.55. The number of rotatable bonds is 8. The minimum atomic E-state index is -2.71. The van der Waals surface area contributed by atoms with Crippen LogP contribution in [0.25, 0.3) is 0 Å². The number of carbonyl (C=O) groups excluding carboxylic acids is 4. The Morgan fingerprint density at radius 2 is 1.85 bits per heavy atom. The highest BCUT2D eigenvalue weighted by Crippen LogP contribution is 2.53. The van der Waals surface area contributed by atoms with Crippen molar-refractivity contribution in [3.63, 3.8) is 0 Å². The topological polar surface area (TPSA) is 188 Å². The SMILES string of the molecule is CCCCOC(=O)Cc1cc(C(C)C)c2c(c1O)C(=O)C1=C(O)[C@]3(O)C(=O)C(C(N)=O)=C(O)[C@@H](N(C)C)[C@@H]3C[C@@H]1C2. The molecule has 0 aromatic heterocycles. The van der Waals surface area contributed by atoms with Gasteiger partial charge in [0, 0.05) is 17.1 Å². The first-order valence-electron chi connectivity index (χ1n) is 13.9. The first-order valence-corrected chi connectivity index (χ1v) is 13.9. The van der Waals surface area contributed by atoms with Crippen LogP contribution < -0.4 is 5.73 Å². The Hall–Kier alpha value is -3.70. The molecule has 1 aromatic rings. The fraction of sp³-hybridized carbons (Fsp3) is 0.533. The molecule has 11 heteroatoms. The molecule has 0 bridgehead atoms. The molecular formula is C30H38N2O9. The van der Waals surface area contributed by atoms with Crippen LogP contribution in [0.15, 0.2) is 28.7 Å². The van der Waals surface area contributed by atoms with Gasteiger partial charge < -0.3 is 30.9 Å². The summed E-state index contributed by atoms with van der Waals surface area (Å²) in [4.78, 5) is 53.6. The quantitative estimate of drug-likeness (QED) is 0.176. The van der Waals surface area contributed by atoms with E-state index in [-0.39, 0.29) is 48.5 Å². The average Bonchev–Trinajstić information content (AvgIpc) is 2.87. The normalized spacial score (nSPS) is 25.8. The number of likely N-dealkylation sites (N-methyl/N-ethyl adjacent to an activating group) is 1.